The van der Waals surface area contributed by atoms with Gasteiger partial charge in [0.2, 0.25) is 5.91 Å². The predicted molar refractivity (Wildman–Crippen MR) is 76.8 cm³/mol. The summed E-state index contributed by atoms with van der Waals surface area (Å²) in [5, 5.41) is 24.5. The molecule has 120 valence electrons. The van der Waals surface area contributed by atoms with E-state index in [1.807, 2.05) is 0 Å². The number of rotatable bonds is 4. The summed E-state index contributed by atoms with van der Waals surface area (Å²) in [6.45, 7) is 1.01. The number of carbonyl (C=O) groups excluding carboxylic acids is 1. The summed E-state index contributed by atoms with van der Waals surface area (Å²) in [5.74, 6) is -0.206. The molecule has 0 unspecified atom stereocenters. The zero-order chi connectivity index (χ0) is 15.9. The number of piperazine rings is 1. The quantitative estimate of drug-likeness (QED) is 0.427. The number of ether oxygens (including phenoxy) is 1. The zero-order valence-corrected chi connectivity index (χ0v) is 11.7. The molecule has 9 heteroatoms. The highest BCUT2D eigenvalue weighted by Gasteiger charge is 2.35. The maximum Gasteiger partial charge on any atom is 0.253 e. The van der Waals surface area contributed by atoms with Crippen LogP contribution in [0.1, 0.15) is 0 Å². The molecule has 22 heavy (non-hydrogen) atoms. The number of aliphatic hydroxyl groups excluding tert-OH is 2. The molecule has 3 rings (SSSR count). The monoisotopic (exact) mass is 311 g/mol. The number of hydrogen-bond acceptors (Lipinski definition) is 8. The highest BCUT2D eigenvalue weighted by molar-refractivity contribution is 5.86. The van der Waals surface area contributed by atoms with Crippen LogP contribution in [0.15, 0.2) is 9.59 Å². The molecule has 4 N–H and O–H groups in total. The van der Waals surface area contributed by atoms with Gasteiger partial charge in [0.15, 0.2) is 0 Å². The number of nitrogens with one attached hydrogen (secondary N) is 2. The lowest BCUT2D eigenvalue weighted by molar-refractivity contribution is -0.120. The fraction of sp³-hybridized carbons (Fsp3) is 0.615. The van der Waals surface area contributed by atoms with Crippen LogP contribution in [0.3, 0.4) is 0 Å². The molecular formula is C13H17N3O6. The topological polar surface area (TPSA) is 128 Å². The first kappa shape index (κ1) is 14.9. The molecule has 0 saturated carbocycles. The Labute approximate surface area is 125 Å². The average Bonchev–Trinajstić information content (AvgIpc) is 2.82. The molecule has 9 nitrogen and oxygen atoms in total. The summed E-state index contributed by atoms with van der Waals surface area (Å²) in [7, 11) is 0. The largest absolute Gasteiger partial charge is 0.388 e. The van der Waals surface area contributed by atoms with Gasteiger partial charge in [-0.05, 0) is 0 Å². The van der Waals surface area contributed by atoms with E-state index < -0.39 is 29.2 Å². The van der Waals surface area contributed by atoms with Gasteiger partial charge in [-0.1, -0.05) is 0 Å². The van der Waals surface area contributed by atoms with Gasteiger partial charge in [0.25, 0.3) is 10.9 Å². The van der Waals surface area contributed by atoms with Crippen molar-refractivity contribution in [1.29, 1.82) is 0 Å². The zero-order valence-electron chi connectivity index (χ0n) is 11.7. The van der Waals surface area contributed by atoms with Crippen molar-refractivity contribution in [2.45, 2.75) is 18.3 Å². The van der Waals surface area contributed by atoms with Crippen LogP contribution in [0.2, 0.25) is 0 Å². The van der Waals surface area contributed by atoms with Gasteiger partial charge in [-0.15, -0.1) is 0 Å². The van der Waals surface area contributed by atoms with E-state index in [2.05, 4.69) is 10.6 Å². The molecule has 2 aliphatic rings. The van der Waals surface area contributed by atoms with Gasteiger partial charge in [-0.25, -0.2) is 0 Å². The normalized spacial score (nSPS) is 28.9. The van der Waals surface area contributed by atoms with Crippen molar-refractivity contribution in [2.75, 3.05) is 43.0 Å². The molecule has 0 bridgehead atoms. The van der Waals surface area contributed by atoms with Gasteiger partial charge in [0.1, 0.15) is 29.7 Å². The Morgan fingerprint density at radius 2 is 2.05 bits per heavy atom. The van der Waals surface area contributed by atoms with Crippen LogP contribution in [0.4, 0.5) is 11.4 Å². The number of nitrogens with zero attached hydrogens (tertiary/aromatic N) is 1. The summed E-state index contributed by atoms with van der Waals surface area (Å²) in [6.07, 6.45) is -2.65. The minimum absolute atomic E-state index is 0.0264. The molecule has 2 heterocycles. The number of amides is 1. The van der Waals surface area contributed by atoms with E-state index in [-0.39, 0.29) is 37.0 Å². The third kappa shape index (κ3) is 2.47. The summed E-state index contributed by atoms with van der Waals surface area (Å²) in [4.78, 5) is 36.4. The Morgan fingerprint density at radius 3 is 2.68 bits per heavy atom. The molecule has 2 fully saturated rings. The van der Waals surface area contributed by atoms with Crippen molar-refractivity contribution < 1.29 is 19.7 Å². The van der Waals surface area contributed by atoms with Gasteiger partial charge in [-0.2, -0.15) is 0 Å². The third-order valence-electron chi connectivity index (χ3n) is 3.98. The van der Waals surface area contributed by atoms with Crippen molar-refractivity contribution >= 4 is 17.3 Å². The maximum absolute atomic E-state index is 11.7. The van der Waals surface area contributed by atoms with Crippen molar-refractivity contribution in [1.82, 2.24) is 5.32 Å². The highest BCUT2D eigenvalue weighted by atomic mass is 16.5. The smallest absolute Gasteiger partial charge is 0.253 e. The van der Waals surface area contributed by atoms with Crippen molar-refractivity contribution in [3.63, 3.8) is 0 Å². The summed E-state index contributed by atoms with van der Waals surface area (Å²) in [5.41, 5.74) is -0.927. The van der Waals surface area contributed by atoms with E-state index in [4.69, 9.17) is 4.74 Å². The van der Waals surface area contributed by atoms with Crippen LogP contribution in [0, 0.1) is 0 Å². The van der Waals surface area contributed by atoms with Crippen LogP contribution in [0.5, 0.6) is 0 Å². The van der Waals surface area contributed by atoms with Crippen LogP contribution in [0.25, 0.3) is 0 Å². The Morgan fingerprint density at radius 1 is 1.27 bits per heavy atom. The average molecular weight is 311 g/mol. The molecule has 0 aliphatic carbocycles. The van der Waals surface area contributed by atoms with Gasteiger partial charge >= 0.3 is 0 Å². The number of hydrogen-bond donors (Lipinski definition) is 4. The predicted octanol–water partition coefficient (Wildman–Crippen LogP) is -3.25. The summed E-state index contributed by atoms with van der Waals surface area (Å²) >= 11 is 0. The molecule has 1 aromatic rings. The Kier molecular flexibility index (Phi) is 3.85. The first-order valence-corrected chi connectivity index (χ1v) is 7.05. The minimum atomic E-state index is -1.04. The SMILES string of the molecule is O=C1CN(c2c(NC[C@H]3OC[C@H](O)[C@@H]3O)c(=O)c2=O)CCN1. The van der Waals surface area contributed by atoms with Crippen LogP contribution in [-0.2, 0) is 9.53 Å². The lowest BCUT2D eigenvalue weighted by Crippen LogP contribution is -2.53. The maximum atomic E-state index is 11.7. The van der Waals surface area contributed by atoms with Crippen molar-refractivity contribution in [3.05, 3.63) is 20.4 Å². The second kappa shape index (κ2) is 5.67. The molecular weight excluding hydrogens is 294 g/mol. The van der Waals surface area contributed by atoms with E-state index in [9.17, 15) is 24.6 Å². The summed E-state index contributed by atoms with van der Waals surface area (Å²) in [6, 6.07) is 0. The molecule has 0 aromatic heterocycles. The van der Waals surface area contributed by atoms with Gasteiger partial charge in [-0.3, -0.25) is 14.4 Å². The molecule has 0 spiro atoms. The van der Waals surface area contributed by atoms with Crippen molar-refractivity contribution in [2.24, 2.45) is 0 Å². The second-order valence-corrected chi connectivity index (χ2v) is 5.46. The highest BCUT2D eigenvalue weighted by Crippen LogP contribution is 2.22. The van der Waals surface area contributed by atoms with Gasteiger partial charge in [0, 0.05) is 19.6 Å². The minimum Gasteiger partial charge on any atom is -0.388 e. The van der Waals surface area contributed by atoms with Crippen LogP contribution >= 0.6 is 0 Å². The molecule has 1 amide bonds. The van der Waals surface area contributed by atoms with Crippen LogP contribution < -0.4 is 26.4 Å². The number of carbonyl (C=O) groups is 1. The Bertz CT molecular complexity index is 652. The third-order valence-corrected chi connectivity index (χ3v) is 3.98. The lowest BCUT2D eigenvalue weighted by Gasteiger charge is -2.31. The van der Waals surface area contributed by atoms with Crippen molar-refractivity contribution in [3.8, 4) is 0 Å². The molecule has 1 aromatic carbocycles. The second-order valence-electron chi connectivity index (χ2n) is 5.46. The first-order valence-electron chi connectivity index (χ1n) is 7.05. The van der Waals surface area contributed by atoms with E-state index in [0.717, 1.165) is 0 Å². The Balaban J connectivity index is 1.70. The van der Waals surface area contributed by atoms with E-state index in [1.165, 1.54) is 0 Å². The molecule has 2 saturated heterocycles. The van der Waals surface area contributed by atoms with Crippen LogP contribution in [-0.4, -0.2) is 67.2 Å². The summed E-state index contributed by atoms with van der Waals surface area (Å²) < 4.78 is 5.20. The number of anilines is 2. The van der Waals surface area contributed by atoms with Gasteiger partial charge < -0.3 is 30.5 Å². The molecule has 3 atom stereocenters. The standard InChI is InChI=1S/C13H17N3O6/c17-6-5-22-7(11(6)19)3-15-9-10(13(21)12(9)20)16-2-1-14-8(18)4-16/h6-7,11,15,17,19H,1-5H2,(H,14,18)/t6-,7+,11-/m0/s1. The van der Waals surface area contributed by atoms with Gasteiger partial charge in [0.05, 0.1) is 13.2 Å². The lowest BCUT2D eigenvalue weighted by atomic mass is 10.1. The molecule has 2 aliphatic heterocycles. The van der Waals surface area contributed by atoms with E-state index >= 15 is 0 Å². The Hall–Kier alpha value is -1.97. The number of aliphatic hydroxyl groups is 2. The fourth-order valence-corrected chi connectivity index (χ4v) is 2.72. The van der Waals surface area contributed by atoms with E-state index in [1.54, 1.807) is 4.90 Å². The first-order chi connectivity index (χ1) is 10.5. The molecule has 0 radical (unpaired) electrons. The van der Waals surface area contributed by atoms with E-state index in [0.29, 0.717) is 13.1 Å². The fourth-order valence-electron chi connectivity index (χ4n) is 2.72.